The third kappa shape index (κ3) is 1.83. The van der Waals surface area contributed by atoms with Crippen LogP contribution in [0.15, 0.2) is 18.2 Å². The summed E-state index contributed by atoms with van der Waals surface area (Å²) in [6.07, 6.45) is 3.12. The van der Waals surface area contributed by atoms with E-state index in [9.17, 15) is 5.26 Å². The molecule has 0 amide bonds. The third-order valence-electron chi connectivity index (χ3n) is 4.17. The Hall–Kier alpha value is -1.82. The lowest BCUT2D eigenvalue weighted by Gasteiger charge is -2.35. The zero-order valence-electron chi connectivity index (χ0n) is 11.7. The first-order valence-electron chi connectivity index (χ1n) is 6.87. The van der Waals surface area contributed by atoms with Crippen molar-refractivity contribution in [2.24, 2.45) is 0 Å². The van der Waals surface area contributed by atoms with Crippen molar-refractivity contribution in [1.29, 1.82) is 5.26 Å². The van der Waals surface area contributed by atoms with E-state index in [2.05, 4.69) is 48.9 Å². The fourth-order valence-electron chi connectivity index (χ4n) is 2.66. The van der Waals surface area contributed by atoms with Gasteiger partial charge in [0.05, 0.1) is 22.5 Å². The van der Waals surface area contributed by atoms with Gasteiger partial charge in [0, 0.05) is 5.41 Å². The fourth-order valence-corrected chi connectivity index (χ4v) is 2.66. The summed E-state index contributed by atoms with van der Waals surface area (Å²) in [7, 11) is 0. The summed E-state index contributed by atoms with van der Waals surface area (Å²) in [5.74, 6) is 0.999. The van der Waals surface area contributed by atoms with Gasteiger partial charge in [-0.2, -0.15) is 5.26 Å². The van der Waals surface area contributed by atoms with E-state index in [0.717, 1.165) is 41.7 Å². The van der Waals surface area contributed by atoms with Crippen molar-refractivity contribution in [3.63, 3.8) is 0 Å². The minimum Gasteiger partial charge on any atom is -0.342 e. The number of H-pyrrole nitrogens is 1. The number of nitrogens with zero attached hydrogens (tertiary/aromatic N) is 2. The van der Waals surface area contributed by atoms with Crippen molar-refractivity contribution >= 4 is 11.0 Å². The number of nitrogens with one attached hydrogen (secondary N) is 1. The molecular weight excluding hydrogens is 234 g/mol. The van der Waals surface area contributed by atoms with E-state index in [1.165, 1.54) is 0 Å². The summed E-state index contributed by atoms with van der Waals surface area (Å²) < 4.78 is 0. The van der Waals surface area contributed by atoms with Crippen molar-refractivity contribution < 1.29 is 0 Å². The molecule has 1 N–H and O–H groups in total. The predicted octanol–water partition coefficient (Wildman–Crippen LogP) is 3.81. The number of fused-ring (bicyclic) bond motifs is 1. The molecule has 3 nitrogen and oxygen atoms in total. The number of nitriles is 1. The number of imidazole rings is 1. The largest absolute Gasteiger partial charge is 0.342 e. The number of aromatic nitrogens is 2. The lowest BCUT2D eigenvalue weighted by Crippen LogP contribution is -2.32. The number of hydrogen-bond donors (Lipinski definition) is 1. The molecule has 3 heteroatoms. The SMILES string of the molecule is CC(C)(C)c1nc2ccc(C3(C#N)CCC3)cc2[nH]1. The first-order chi connectivity index (χ1) is 8.94. The Morgan fingerprint density at radius 1 is 1.32 bits per heavy atom. The van der Waals surface area contributed by atoms with Gasteiger partial charge in [-0.3, -0.25) is 0 Å². The lowest BCUT2D eigenvalue weighted by atomic mass is 9.65. The van der Waals surface area contributed by atoms with Gasteiger partial charge < -0.3 is 4.98 Å². The molecular formula is C16H19N3. The van der Waals surface area contributed by atoms with E-state index in [1.807, 2.05) is 6.07 Å². The molecule has 1 aromatic heterocycles. The normalized spacial score (nSPS) is 18.0. The monoisotopic (exact) mass is 253 g/mol. The van der Waals surface area contributed by atoms with Gasteiger partial charge in [0.2, 0.25) is 0 Å². The first-order valence-corrected chi connectivity index (χ1v) is 6.87. The maximum Gasteiger partial charge on any atom is 0.112 e. The van der Waals surface area contributed by atoms with E-state index in [0.29, 0.717) is 0 Å². The minimum atomic E-state index is -0.249. The fraction of sp³-hybridized carbons (Fsp3) is 0.500. The second-order valence-corrected chi connectivity index (χ2v) is 6.61. The van der Waals surface area contributed by atoms with Crippen molar-refractivity contribution in [2.75, 3.05) is 0 Å². The second kappa shape index (κ2) is 3.84. The van der Waals surface area contributed by atoms with Crippen LogP contribution in [0.1, 0.15) is 51.4 Å². The van der Waals surface area contributed by atoms with Gasteiger partial charge in [0.25, 0.3) is 0 Å². The van der Waals surface area contributed by atoms with E-state index >= 15 is 0 Å². The molecule has 0 radical (unpaired) electrons. The van der Waals surface area contributed by atoms with Crippen molar-refractivity contribution in [1.82, 2.24) is 9.97 Å². The average molecular weight is 253 g/mol. The highest BCUT2D eigenvalue weighted by molar-refractivity contribution is 5.76. The maximum atomic E-state index is 9.42. The summed E-state index contributed by atoms with van der Waals surface area (Å²) >= 11 is 0. The molecule has 0 saturated heterocycles. The smallest absolute Gasteiger partial charge is 0.112 e. The molecule has 1 aliphatic carbocycles. The van der Waals surface area contributed by atoms with Crippen LogP contribution in [0.2, 0.25) is 0 Å². The quantitative estimate of drug-likeness (QED) is 0.840. The van der Waals surface area contributed by atoms with Crippen molar-refractivity contribution in [3.8, 4) is 6.07 Å². The van der Waals surface area contributed by atoms with Crippen molar-refractivity contribution in [2.45, 2.75) is 50.9 Å². The maximum absolute atomic E-state index is 9.42. The van der Waals surface area contributed by atoms with Gasteiger partial charge in [0.15, 0.2) is 0 Å². The lowest BCUT2D eigenvalue weighted by molar-refractivity contribution is 0.324. The van der Waals surface area contributed by atoms with E-state index in [-0.39, 0.29) is 10.8 Å². The van der Waals surface area contributed by atoms with Crippen LogP contribution in [0.25, 0.3) is 11.0 Å². The van der Waals surface area contributed by atoms with Crippen molar-refractivity contribution in [3.05, 3.63) is 29.6 Å². The standard InChI is InChI=1S/C16H19N3/c1-15(2,3)14-18-12-6-5-11(9-13(12)19-14)16(10-17)7-4-8-16/h5-6,9H,4,7-8H2,1-3H3,(H,18,19). The summed E-state index contributed by atoms with van der Waals surface area (Å²) in [5, 5.41) is 9.42. The Morgan fingerprint density at radius 3 is 2.58 bits per heavy atom. The number of benzene rings is 1. The molecule has 1 aliphatic rings. The molecule has 1 fully saturated rings. The summed E-state index contributed by atoms with van der Waals surface area (Å²) in [4.78, 5) is 8.04. The highest BCUT2D eigenvalue weighted by Crippen LogP contribution is 2.43. The van der Waals surface area contributed by atoms with Gasteiger partial charge >= 0.3 is 0 Å². The summed E-state index contributed by atoms with van der Waals surface area (Å²) in [6.45, 7) is 6.44. The highest BCUT2D eigenvalue weighted by atomic mass is 14.9. The van der Waals surface area contributed by atoms with Crippen LogP contribution in [0.5, 0.6) is 0 Å². The zero-order chi connectivity index (χ0) is 13.7. The molecule has 0 atom stereocenters. The molecule has 19 heavy (non-hydrogen) atoms. The van der Waals surface area contributed by atoms with E-state index in [1.54, 1.807) is 0 Å². The van der Waals surface area contributed by atoms with Gasteiger partial charge in [0.1, 0.15) is 5.82 Å². The van der Waals surface area contributed by atoms with Gasteiger partial charge in [-0.15, -0.1) is 0 Å². The Labute approximate surface area is 113 Å². The van der Waals surface area contributed by atoms with E-state index < -0.39 is 0 Å². The average Bonchev–Trinajstić information content (AvgIpc) is 2.71. The molecule has 1 saturated carbocycles. The Balaban J connectivity index is 2.09. The van der Waals surface area contributed by atoms with Crippen LogP contribution in [0, 0.1) is 11.3 Å². The van der Waals surface area contributed by atoms with Gasteiger partial charge in [-0.05, 0) is 37.0 Å². The Kier molecular flexibility index (Phi) is 2.47. The minimum absolute atomic E-state index is 0.0164. The molecule has 1 heterocycles. The van der Waals surface area contributed by atoms with Crippen LogP contribution in [-0.4, -0.2) is 9.97 Å². The summed E-state index contributed by atoms with van der Waals surface area (Å²) in [6, 6.07) is 8.71. The topological polar surface area (TPSA) is 52.5 Å². The van der Waals surface area contributed by atoms with Crippen LogP contribution in [0.3, 0.4) is 0 Å². The molecule has 2 aromatic rings. The third-order valence-corrected chi connectivity index (χ3v) is 4.17. The van der Waals surface area contributed by atoms with Crippen LogP contribution >= 0.6 is 0 Å². The molecule has 0 bridgehead atoms. The zero-order valence-corrected chi connectivity index (χ0v) is 11.7. The van der Waals surface area contributed by atoms with Gasteiger partial charge in [-0.1, -0.05) is 26.8 Å². The van der Waals surface area contributed by atoms with Gasteiger partial charge in [-0.25, -0.2) is 4.98 Å². The first kappa shape index (κ1) is 12.2. The molecule has 0 aliphatic heterocycles. The van der Waals surface area contributed by atoms with Crippen LogP contribution < -0.4 is 0 Å². The Morgan fingerprint density at radius 2 is 2.05 bits per heavy atom. The van der Waals surface area contributed by atoms with Crippen LogP contribution in [-0.2, 0) is 10.8 Å². The summed E-state index contributed by atoms with van der Waals surface area (Å²) in [5.41, 5.74) is 2.94. The predicted molar refractivity (Wildman–Crippen MR) is 75.9 cm³/mol. The Bertz CT molecular complexity index is 663. The molecule has 0 unspecified atom stereocenters. The number of hydrogen-bond acceptors (Lipinski definition) is 2. The molecule has 98 valence electrons. The van der Waals surface area contributed by atoms with E-state index in [4.69, 9.17) is 0 Å². The molecule has 1 aromatic carbocycles. The number of rotatable bonds is 1. The highest BCUT2D eigenvalue weighted by Gasteiger charge is 2.39. The van der Waals surface area contributed by atoms with Crippen LogP contribution in [0.4, 0.5) is 0 Å². The molecule has 3 rings (SSSR count). The second-order valence-electron chi connectivity index (χ2n) is 6.61. The number of aromatic amines is 1. The molecule has 0 spiro atoms.